The summed E-state index contributed by atoms with van der Waals surface area (Å²) in [7, 11) is 0. The van der Waals surface area contributed by atoms with Crippen LogP contribution < -0.4 is 10.9 Å². The van der Waals surface area contributed by atoms with Gasteiger partial charge in [-0.1, -0.05) is 48.5 Å². The molecule has 0 bridgehead atoms. The monoisotopic (exact) mass is 453 g/mol. The minimum absolute atomic E-state index is 0.0917. The van der Waals surface area contributed by atoms with Gasteiger partial charge >= 0.3 is 5.97 Å². The number of nitrogens with zero attached hydrogens (tertiary/aromatic N) is 2. The number of para-hydroxylation sites is 1. The van der Waals surface area contributed by atoms with Gasteiger partial charge in [0.05, 0.1) is 16.5 Å². The summed E-state index contributed by atoms with van der Waals surface area (Å²) in [4.78, 5) is 42.2. The van der Waals surface area contributed by atoms with Crippen LogP contribution in [-0.2, 0) is 28.9 Å². The van der Waals surface area contributed by atoms with E-state index in [4.69, 9.17) is 4.74 Å². The molecule has 0 saturated carbocycles. The van der Waals surface area contributed by atoms with Gasteiger partial charge in [-0.05, 0) is 48.2 Å². The molecule has 2 heterocycles. The van der Waals surface area contributed by atoms with Gasteiger partial charge in [0.2, 0.25) is 0 Å². The molecule has 170 valence electrons. The first kappa shape index (κ1) is 21.6. The molecule has 1 N–H and O–H groups in total. The molecule has 1 aliphatic heterocycles. The summed E-state index contributed by atoms with van der Waals surface area (Å²) in [5.74, 6) is -0.336. The first-order valence-corrected chi connectivity index (χ1v) is 11.2. The first-order chi connectivity index (χ1) is 16.6. The minimum atomic E-state index is -0.642. The normalized spacial score (nSPS) is 12.4. The number of hydrogen-bond donors (Lipinski definition) is 1. The van der Waals surface area contributed by atoms with Crippen LogP contribution in [0.5, 0.6) is 0 Å². The summed E-state index contributed by atoms with van der Waals surface area (Å²) in [5.41, 5.74) is 3.40. The van der Waals surface area contributed by atoms with Gasteiger partial charge in [-0.2, -0.15) is 0 Å². The highest BCUT2D eigenvalue weighted by atomic mass is 16.5. The van der Waals surface area contributed by atoms with Crippen LogP contribution in [0.3, 0.4) is 0 Å². The van der Waals surface area contributed by atoms with Gasteiger partial charge in [-0.3, -0.25) is 14.2 Å². The Morgan fingerprint density at radius 1 is 1.00 bits per heavy atom. The minimum Gasteiger partial charge on any atom is -0.452 e. The van der Waals surface area contributed by atoms with Crippen LogP contribution >= 0.6 is 0 Å². The molecular formula is C27H23N3O4. The van der Waals surface area contributed by atoms with E-state index in [0.717, 1.165) is 29.8 Å². The Hall–Kier alpha value is -4.26. The van der Waals surface area contributed by atoms with Crippen LogP contribution in [0.1, 0.15) is 33.7 Å². The van der Waals surface area contributed by atoms with Gasteiger partial charge in [-0.15, -0.1) is 0 Å². The molecule has 0 atom stereocenters. The third-order valence-corrected chi connectivity index (χ3v) is 5.92. The van der Waals surface area contributed by atoms with Gasteiger partial charge in [0.25, 0.3) is 11.5 Å². The second-order valence-corrected chi connectivity index (χ2v) is 8.26. The molecule has 34 heavy (non-hydrogen) atoms. The molecule has 1 aromatic heterocycles. The van der Waals surface area contributed by atoms with Crippen LogP contribution in [0.2, 0.25) is 0 Å². The van der Waals surface area contributed by atoms with E-state index in [1.165, 1.54) is 6.07 Å². The summed E-state index contributed by atoms with van der Waals surface area (Å²) in [6, 6.07) is 22.2. The first-order valence-electron chi connectivity index (χ1n) is 11.2. The molecule has 3 aromatic carbocycles. The molecule has 7 nitrogen and oxygen atoms in total. The highest BCUT2D eigenvalue weighted by Gasteiger charge is 2.18. The molecular weight excluding hydrogens is 430 g/mol. The molecule has 0 unspecified atom stereocenters. The van der Waals surface area contributed by atoms with Crippen LogP contribution in [-0.4, -0.2) is 28.0 Å². The van der Waals surface area contributed by atoms with Crippen molar-refractivity contribution >= 4 is 28.5 Å². The van der Waals surface area contributed by atoms with E-state index >= 15 is 0 Å². The van der Waals surface area contributed by atoms with Crippen molar-refractivity contribution in [2.24, 2.45) is 0 Å². The highest BCUT2D eigenvalue weighted by molar-refractivity contribution is 5.97. The van der Waals surface area contributed by atoms with Gasteiger partial charge in [-0.25, -0.2) is 9.78 Å². The Balaban J connectivity index is 1.25. The standard InChI is InChI=1S/C27H23N3O4/c31-25(29-22-10-5-4-9-19(22)15-18-7-2-1-3-8-18)17-34-27(33)20-12-13-21-23(16-20)28-24-11-6-14-30(24)26(21)32/h1-5,7-10,12-13,16H,6,11,14-15,17H2,(H,29,31). The highest BCUT2D eigenvalue weighted by Crippen LogP contribution is 2.20. The summed E-state index contributed by atoms with van der Waals surface area (Å²) in [6.07, 6.45) is 2.30. The lowest BCUT2D eigenvalue weighted by molar-refractivity contribution is -0.119. The summed E-state index contributed by atoms with van der Waals surface area (Å²) in [6.45, 7) is 0.251. The van der Waals surface area contributed by atoms with Crippen molar-refractivity contribution < 1.29 is 14.3 Å². The lowest BCUT2D eigenvalue weighted by Crippen LogP contribution is -2.22. The zero-order valence-electron chi connectivity index (χ0n) is 18.5. The Morgan fingerprint density at radius 3 is 2.65 bits per heavy atom. The molecule has 0 radical (unpaired) electrons. The number of aryl methyl sites for hydroxylation is 1. The molecule has 7 heteroatoms. The van der Waals surface area contributed by atoms with E-state index in [9.17, 15) is 14.4 Å². The predicted octanol–water partition coefficient (Wildman–Crippen LogP) is 3.73. The van der Waals surface area contributed by atoms with E-state index < -0.39 is 18.5 Å². The maximum absolute atomic E-state index is 12.6. The topological polar surface area (TPSA) is 90.3 Å². The quantitative estimate of drug-likeness (QED) is 0.449. The number of nitrogens with one attached hydrogen (secondary N) is 1. The van der Waals surface area contributed by atoms with Gasteiger partial charge in [0.1, 0.15) is 5.82 Å². The molecule has 0 spiro atoms. The number of benzene rings is 3. The average molecular weight is 453 g/mol. The van der Waals surface area contributed by atoms with E-state index in [-0.39, 0.29) is 11.1 Å². The van der Waals surface area contributed by atoms with Crippen molar-refractivity contribution in [2.75, 3.05) is 11.9 Å². The van der Waals surface area contributed by atoms with Gasteiger partial charge in [0, 0.05) is 18.7 Å². The van der Waals surface area contributed by atoms with Crippen molar-refractivity contribution in [3.63, 3.8) is 0 Å². The third-order valence-electron chi connectivity index (χ3n) is 5.92. The Kier molecular flexibility index (Phi) is 5.91. The molecule has 1 amide bonds. The molecule has 5 rings (SSSR count). The predicted molar refractivity (Wildman–Crippen MR) is 129 cm³/mol. The number of rotatable bonds is 6. The van der Waals surface area contributed by atoms with E-state index in [1.54, 1.807) is 16.7 Å². The van der Waals surface area contributed by atoms with E-state index in [2.05, 4.69) is 10.3 Å². The van der Waals surface area contributed by atoms with Crippen molar-refractivity contribution in [2.45, 2.75) is 25.8 Å². The summed E-state index contributed by atoms with van der Waals surface area (Å²) >= 11 is 0. The SMILES string of the molecule is O=C(COC(=O)c1ccc2c(=O)n3c(nc2c1)CCC3)Nc1ccccc1Cc1ccccc1. The number of hydrogen-bond acceptors (Lipinski definition) is 5. The lowest BCUT2D eigenvalue weighted by Gasteiger charge is -2.12. The van der Waals surface area contributed by atoms with Gasteiger partial charge < -0.3 is 10.1 Å². The fourth-order valence-corrected chi connectivity index (χ4v) is 4.22. The van der Waals surface area contributed by atoms with Crippen LogP contribution in [0.25, 0.3) is 10.9 Å². The molecule has 0 fully saturated rings. The lowest BCUT2D eigenvalue weighted by atomic mass is 10.0. The van der Waals surface area contributed by atoms with Crippen LogP contribution in [0.15, 0.2) is 77.6 Å². The molecule has 4 aromatic rings. The summed E-state index contributed by atoms with van der Waals surface area (Å²) < 4.78 is 6.91. The smallest absolute Gasteiger partial charge is 0.338 e. The molecule has 0 saturated heterocycles. The van der Waals surface area contributed by atoms with Crippen molar-refractivity contribution in [3.8, 4) is 0 Å². The second kappa shape index (κ2) is 9.31. The van der Waals surface area contributed by atoms with Crippen LogP contribution in [0.4, 0.5) is 5.69 Å². The maximum atomic E-state index is 12.6. The van der Waals surface area contributed by atoms with E-state index in [1.807, 2.05) is 54.6 Å². The zero-order valence-corrected chi connectivity index (χ0v) is 18.5. The number of esters is 1. The average Bonchev–Trinajstić information content (AvgIpc) is 3.33. The third kappa shape index (κ3) is 4.45. The van der Waals surface area contributed by atoms with E-state index in [0.29, 0.717) is 29.6 Å². The Morgan fingerprint density at radius 2 is 1.79 bits per heavy atom. The van der Waals surface area contributed by atoms with Crippen molar-refractivity contribution in [1.29, 1.82) is 0 Å². The van der Waals surface area contributed by atoms with Crippen molar-refractivity contribution in [1.82, 2.24) is 9.55 Å². The Bertz CT molecular complexity index is 1440. The number of amides is 1. The van der Waals surface area contributed by atoms with Gasteiger partial charge in [0.15, 0.2) is 6.61 Å². The maximum Gasteiger partial charge on any atom is 0.338 e. The second-order valence-electron chi connectivity index (χ2n) is 8.26. The number of carbonyl (C=O) groups excluding carboxylic acids is 2. The van der Waals surface area contributed by atoms with Crippen molar-refractivity contribution in [3.05, 3.63) is 106 Å². The number of carbonyl (C=O) groups is 2. The number of anilines is 1. The molecule has 0 aliphatic carbocycles. The zero-order chi connectivity index (χ0) is 23.5. The Labute approximate surface area is 196 Å². The number of aromatic nitrogens is 2. The molecule has 1 aliphatic rings. The number of fused-ring (bicyclic) bond motifs is 2. The van der Waals surface area contributed by atoms with Crippen LogP contribution in [0, 0.1) is 0 Å². The fourth-order valence-electron chi connectivity index (χ4n) is 4.22. The fraction of sp³-hybridized carbons (Fsp3) is 0.185. The summed E-state index contributed by atoms with van der Waals surface area (Å²) in [5, 5.41) is 3.30. The largest absolute Gasteiger partial charge is 0.452 e. The number of ether oxygens (including phenoxy) is 1.